The van der Waals surface area contributed by atoms with Crippen molar-refractivity contribution in [1.82, 2.24) is 10.3 Å². The van der Waals surface area contributed by atoms with Gasteiger partial charge in [0.15, 0.2) is 5.11 Å². The van der Waals surface area contributed by atoms with Gasteiger partial charge in [0.25, 0.3) is 0 Å². The second kappa shape index (κ2) is 4.53. The fourth-order valence-electron chi connectivity index (χ4n) is 1.89. The summed E-state index contributed by atoms with van der Waals surface area (Å²) in [6.45, 7) is 2.88. The lowest BCUT2D eigenvalue weighted by molar-refractivity contribution is 0.874. The Morgan fingerprint density at radius 3 is 3.06 bits per heavy atom. The summed E-state index contributed by atoms with van der Waals surface area (Å²) >= 11 is 4.77. The van der Waals surface area contributed by atoms with Crippen LogP contribution in [0.5, 0.6) is 0 Å². The van der Waals surface area contributed by atoms with Crippen LogP contribution < -0.4 is 11.1 Å². The van der Waals surface area contributed by atoms with Crippen molar-refractivity contribution in [3.8, 4) is 0 Å². The molecular formula is C12H15N3S. The van der Waals surface area contributed by atoms with Crippen molar-refractivity contribution in [3.63, 3.8) is 0 Å². The first-order chi connectivity index (χ1) is 7.68. The van der Waals surface area contributed by atoms with Crippen molar-refractivity contribution >= 4 is 28.2 Å². The zero-order chi connectivity index (χ0) is 11.5. The third-order valence-electron chi connectivity index (χ3n) is 2.70. The number of fused-ring (bicyclic) bond motifs is 1. The highest BCUT2D eigenvalue weighted by atomic mass is 32.1. The van der Waals surface area contributed by atoms with Gasteiger partial charge in [-0.25, -0.2) is 0 Å². The Labute approximate surface area is 100 Å². The summed E-state index contributed by atoms with van der Waals surface area (Å²) in [6, 6.07) is 6.32. The lowest BCUT2D eigenvalue weighted by Gasteiger charge is -2.02. The van der Waals surface area contributed by atoms with Crippen LogP contribution in [-0.4, -0.2) is 16.6 Å². The SMILES string of the molecule is Cc1cccc2c(CCNC(N)=S)c[nH]c12. The van der Waals surface area contributed by atoms with Crippen LogP contribution in [0.3, 0.4) is 0 Å². The molecule has 0 atom stereocenters. The number of H-pyrrole nitrogens is 1. The first-order valence-corrected chi connectivity index (χ1v) is 5.68. The first kappa shape index (κ1) is 11.0. The number of hydrogen-bond acceptors (Lipinski definition) is 1. The second-order valence-electron chi connectivity index (χ2n) is 3.85. The summed E-state index contributed by atoms with van der Waals surface area (Å²) in [6.07, 6.45) is 2.97. The largest absolute Gasteiger partial charge is 0.376 e. The van der Waals surface area contributed by atoms with Gasteiger partial charge in [-0.05, 0) is 36.7 Å². The average molecular weight is 233 g/mol. The van der Waals surface area contributed by atoms with Gasteiger partial charge >= 0.3 is 0 Å². The van der Waals surface area contributed by atoms with E-state index in [1.54, 1.807) is 0 Å². The molecule has 0 aliphatic carbocycles. The number of para-hydroxylation sites is 1. The molecule has 16 heavy (non-hydrogen) atoms. The maximum Gasteiger partial charge on any atom is 0.163 e. The summed E-state index contributed by atoms with van der Waals surface area (Å²) in [7, 11) is 0. The number of thiocarbonyl (C=S) groups is 1. The maximum atomic E-state index is 5.38. The number of hydrogen-bond donors (Lipinski definition) is 3. The molecule has 0 aliphatic heterocycles. The molecule has 0 saturated heterocycles. The van der Waals surface area contributed by atoms with Crippen LogP contribution in [0.2, 0.25) is 0 Å². The molecule has 0 spiro atoms. The molecule has 1 heterocycles. The molecule has 1 aromatic heterocycles. The molecular weight excluding hydrogens is 218 g/mol. The minimum atomic E-state index is 0.357. The lowest BCUT2D eigenvalue weighted by Crippen LogP contribution is -2.30. The van der Waals surface area contributed by atoms with Crippen molar-refractivity contribution in [1.29, 1.82) is 0 Å². The van der Waals surface area contributed by atoms with E-state index in [0.717, 1.165) is 13.0 Å². The van der Waals surface area contributed by atoms with Gasteiger partial charge in [0.2, 0.25) is 0 Å². The molecule has 0 amide bonds. The van der Waals surface area contributed by atoms with Crippen molar-refractivity contribution in [3.05, 3.63) is 35.5 Å². The summed E-state index contributed by atoms with van der Waals surface area (Å²) in [4.78, 5) is 3.30. The number of aromatic nitrogens is 1. The van der Waals surface area contributed by atoms with E-state index in [4.69, 9.17) is 18.0 Å². The summed E-state index contributed by atoms with van der Waals surface area (Å²) in [5.41, 5.74) is 9.16. The fourth-order valence-corrected chi connectivity index (χ4v) is 1.99. The van der Waals surface area contributed by atoms with Crippen LogP contribution in [-0.2, 0) is 6.42 Å². The minimum Gasteiger partial charge on any atom is -0.376 e. The van der Waals surface area contributed by atoms with Crippen molar-refractivity contribution in [2.45, 2.75) is 13.3 Å². The van der Waals surface area contributed by atoms with E-state index in [0.29, 0.717) is 5.11 Å². The molecule has 0 unspecified atom stereocenters. The van der Waals surface area contributed by atoms with Gasteiger partial charge in [-0.1, -0.05) is 18.2 Å². The predicted octanol–water partition coefficient (Wildman–Crippen LogP) is 1.85. The van der Waals surface area contributed by atoms with Crippen LogP contribution in [0.15, 0.2) is 24.4 Å². The molecule has 0 aliphatic rings. The van der Waals surface area contributed by atoms with E-state index in [1.807, 2.05) is 0 Å². The summed E-state index contributed by atoms with van der Waals surface area (Å²) < 4.78 is 0. The third-order valence-corrected chi connectivity index (χ3v) is 2.85. The number of benzene rings is 1. The smallest absolute Gasteiger partial charge is 0.163 e. The number of aryl methyl sites for hydroxylation is 1. The minimum absolute atomic E-state index is 0.357. The van der Waals surface area contributed by atoms with Gasteiger partial charge in [0.1, 0.15) is 0 Å². The van der Waals surface area contributed by atoms with Crippen molar-refractivity contribution < 1.29 is 0 Å². The van der Waals surface area contributed by atoms with Gasteiger partial charge < -0.3 is 16.0 Å². The van der Waals surface area contributed by atoms with E-state index < -0.39 is 0 Å². The maximum absolute atomic E-state index is 5.38. The van der Waals surface area contributed by atoms with Crippen molar-refractivity contribution in [2.24, 2.45) is 5.73 Å². The van der Waals surface area contributed by atoms with Gasteiger partial charge in [-0.3, -0.25) is 0 Å². The Morgan fingerprint density at radius 2 is 2.31 bits per heavy atom. The summed E-state index contributed by atoms with van der Waals surface area (Å²) in [5.74, 6) is 0. The normalized spacial score (nSPS) is 10.6. The second-order valence-corrected chi connectivity index (χ2v) is 4.29. The standard InChI is InChI=1S/C12H15N3S/c1-8-3-2-4-10-9(7-15-11(8)10)5-6-14-12(13)16/h2-4,7,15H,5-6H2,1H3,(H3,13,14,16). The van der Waals surface area contributed by atoms with Crippen LogP contribution in [0, 0.1) is 6.92 Å². The highest BCUT2D eigenvalue weighted by Crippen LogP contribution is 2.21. The molecule has 2 rings (SSSR count). The Kier molecular flexibility index (Phi) is 3.10. The van der Waals surface area contributed by atoms with Crippen LogP contribution >= 0.6 is 12.2 Å². The quantitative estimate of drug-likeness (QED) is 0.709. The Hall–Kier alpha value is -1.55. The van der Waals surface area contributed by atoms with E-state index in [9.17, 15) is 0 Å². The van der Waals surface area contributed by atoms with Crippen LogP contribution in [0.25, 0.3) is 10.9 Å². The molecule has 2 aromatic rings. The topological polar surface area (TPSA) is 53.8 Å². The number of rotatable bonds is 3. The number of nitrogens with one attached hydrogen (secondary N) is 2. The highest BCUT2D eigenvalue weighted by molar-refractivity contribution is 7.80. The molecule has 0 saturated carbocycles. The zero-order valence-electron chi connectivity index (χ0n) is 9.21. The lowest BCUT2D eigenvalue weighted by atomic mass is 10.1. The molecule has 0 bridgehead atoms. The molecule has 4 heteroatoms. The van der Waals surface area contributed by atoms with Gasteiger partial charge in [-0.15, -0.1) is 0 Å². The first-order valence-electron chi connectivity index (χ1n) is 5.27. The molecule has 3 nitrogen and oxygen atoms in total. The Bertz CT molecular complexity index is 516. The molecule has 4 N–H and O–H groups in total. The molecule has 0 radical (unpaired) electrons. The number of aromatic amines is 1. The van der Waals surface area contributed by atoms with Gasteiger partial charge in [0, 0.05) is 23.6 Å². The molecule has 84 valence electrons. The van der Waals surface area contributed by atoms with E-state index in [1.165, 1.54) is 22.0 Å². The number of nitrogens with two attached hydrogens (primary N) is 1. The predicted molar refractivity (Wildman–Crippen MR) is 71.5 cm³/mol. The zero-order valence-corrected chi connectivity index (χ0v) is 10.0. The Balaban J connectivity index is 2.19. The van der Waals surface area contributed by atoms with Gasteiger partial charge in [0.05, 0.1) is 0 Å². The Morgan fingerprint density at radius 1 is 1.50 bits per heavy atom. The van der Waals surface area contributed by atoms with E-state index in [2.05, 4.69) is 41.6 Å². The third kappa shape index (κ3) is 2.17. The summed E-state index contributed by atoms with van der Waals surface area (Å²) in [5, 5.41) is 4.60. The van der Waals surface area contributed by atoms with E-state index in [-0.39, 0.29) is 0 Å². The van der Waals surface area contributed by atoms with Crippen LogP contribution in [0.1, 0.15) is 11.1 Å². The monoisotopic (exact) mass is 233 g/mol. The van der Waals surface area contributed by atoms with Gasteiger partial charge in [-0.2, -0.15) is 0 Å². The molecule has 1 aromatic carbocycles. The van der Waals surface area contributed by atoms with Crippen LogP contribution in [0.4, 0.5) is 0 Å². The highest BCUT2D eigenvalue weighted by Gasteiger charge is 2.04. The average Bonchev–Trinajstić information content (AvgIpc) is 2.63. The molecule has 0 fully saturated rings. The van der Waals surface area contributed by atoms with E-state index >= 15 is 0 Å². The fraction of sp³-hybridized carbons (Fsp3) is 0.250. The van der Waals surface area contributed by atoms with Crippen molar-refractivity contribution in [2.75, 3.05) is 6.54 Å².